The van der Waals surface area contributed by atoms with Crippen molar-refractivity contribution in [3.63, 3.8) is 0 Å². The van der Waals surface area contributed by atoms with Crippen molar-refractivity contribution in [3.8, 4) is 11.4 Å². The van der Waals surface area contributed by atoms with Crippen molar-refractivity contribution in [1.29, 1.82) is 0 Å². The molecule has 0 bridgehead atoms. The van der Waals surface area contributed by atoms with E-state index in [4.69, 9.17) is 0 Å². The molecule has 0 atom stereocenters. The van der Waals surface area contributed by atoms with Crippen LogP contribution >= 0.6 is 0 Å². The smallest absolute Gasteiger partial charge is 0.0531 e. The Morgan fingerprint density at radius 1 is 0.469 bits per heavy atom. The highest BCUT2D eigenvalue weighted by molar-refractivity contribution is 5.90. The maximum absolute atomic E-state index is 2.33. The number of rotatable bonds is 4. The summed E-state index contributed by atoms with van der Waals surface area (Å²) in [5, 5.41) is 2.61. The van der Waals surface area contributed by atoms with E-state index in [0.29, 0.717) is 0 Å². The molecule has 0 radical (unpaired) electrons. The fraction of sp³-hybridized carbons (Fsp3) is 0.0667. The van der Waals surface area contributed by atoms with Crippen LogP contribution in [0.25, 0.3) is 33.2 Å². The summed E-state index contributed by atoms with van der Waals surface area (Å²) in [6, 6.07) is 38.6. The van der Waals surface area contributed by atoms with Gasteiger partial charge in [0, 0.05) is 40.5 Å². The number of benzene rings is 4. The lowest BCUT2D eigenvalue weighted by atomic mass is 9.92. The van der Waals surface area contributed by atoms with Crippen LogP contribution in [0, 0.1) is 0 Å². The molecule has 6 aromatic rings. The monoisotopic (exact) mass is 412 g/mol. The van der Waals surface area contributed by atoms with Gasteiger partial charge in [0.1, 0.15) is 0 Å². The first-order valence-corrected chi connectivity index (χ1v) is 11.1. The van der Waals surface area contributed by atoms with E-state index in [0.717, 1.165) is 0 Å². The van der Waals surface area contributed by atoms with Crippen LogP contribution in [0.4, 0.5) is 0 Å². The van der Waals surface area contributed by atoms with Gasteiger partial charge in [0.25, 0.3) is 0 Å². The summed E-state index contributed by atoms with van der Waals surface area (Å²) < 4.78 is 4.63. The summed E-state index contributed by atoms with van der Waals surface area (Å²) in [5.74, 6) is 0.250. The third-order valence-corrected chi connectivity index (χ3v) is 6.49. The van der Waals surface area contributed by atoms with Gasteiger partial charge in [0.15, 0.2) is 0 Å². The molecule has 0 unspecified atom stereocenters. The maximum Gasteiger partial charge on any atom is 0.0531 e. The molecule has 2 aromatic heterocycles. The fourth-order valence-corrected chi connectivity index (χ4v) is 4.87. The molecule has 0 aliphatic rings. The van der Waals surface area contributed by atoms with Crippen molar-refractivity contribution in [2.24, 2.45) is 0 Å². The molecule has 4 aromatic carbocycles. The lowest BCUT2D eigenvalue weighted by Crippen LogP contribution is -1.95. The van der Waals surface area contributed by atoms with Crippen LogP contribution in [0.1, 0.15) is 24.0 Å². The lowest BCUT2D eigenvalue weighted by molar-refractivity contribution is 0.924. The van der Waals surface area contributed by atoms with Gasteiger partial charge >= 0.3 is 0 Å². The normalized spacial score (nSPS) is 11.6. The van der Waals surface area contributed by atoms with E-state index >= 15 is 0 Å². The molecular weight excluding hydrogens is 388 g/mol. The lowest BCUT2D eigenvalue weighted by Gasteiger charge is -2.10. The van der Waals surface area contributed by atoms with Crippen molar-refractivity contribution in [1.82, 2.24) is 9.13 Å². The minimum absolute atomic E-state index is 0.250. The van der Waals surface area contributed by atoms with Gasteiger partial charge in [-0.25, -0.2) is 0 Å². The van der Waals surface area contributed by atoms with Gasteiger partial charge in [-0.15, -0.1) is 0 Å². The predicted octanol–water partition coefficient (Wildman–Crippen LogP) is 7.73. The van der Waals surface area contributed by atoms with Gasteiger partial charge in [-0.3, -0.25) is 0 Å². The summed E-state index contributed by atoms with van der Waals surface area (Å²) in [4.78, 5) is 0. The molecule has 0 amide bonds. The molecule has 0 aliphatic carbocycles. The molecule has 154 valence electrons. The van der Waals surface area contributed by atoms with Crippen LogP contribution in [0.15, 0.2) is 122 Å². The molecule has 0 saturated heterocycles. The second-order valence-electron chi connectivity index (χ2n) is 8.34. The SMILES string of the molecule is CC(c1cn(-c2ccccc2)c2ccccc12)c1cn(-c2ccccc2)c2ccccc12. The van der Waals surface area contributed by atoms with Crippen molar-refractivity contribution in [2.75, 3.05) is 0 Å². The molecule has 0 saturated carbocycles. The number of nitrogens with zero attached hydrogens (tertiary/aromatic N) is 2. The van der Waals surface area contributed by atoms with Gasteiger partial charge in [-0.2, -0.15) is 0 Å². The summed E-state index contributed by atoms with van der Waals surface area (Å²) in [5.41, 5.74) is 7.56. The Kier molecular flexibility index (Phi) is 4.43. The molecule has 0 aliphatic heterocycles. The minimum Gasteiger partial charge on any atom is -0.316 e. The maximum atomic E-state index is 2.33. The number of hydrogen-bond donors (Lipinski definition) is 0. The highest BCUT2D eigenvalue weighted by Crippen LogP contribution is 2.38. The Balaban J connectivity index is 1.56. The van der Waals surface area contributed by atoms with Crippen molar-refractivity contribution in [3.05, 3.63) is 133 Å². The standard InChI is InChI=1S/C30H24N2/c1-22(27-20-31(23-12-4-2-5-13-23)29-18-10-8-16-25(27)29)28-21-32(24-14-6-3-7-15-24)30-19-11-9-17-26(28)30/h2-22H,1H3. The summed E-state index contributed by atoms with van der Waals surface area (Å²) in [7, 11) is 0. The van der Waals surface area contributed by atoms with E-state index in [1.807, 2.05) is 0 Å². The topological polar surface area (TPSA) is 9.86 Å². The second-order valence-corrected chi connectivity index (χ2v) is 8.34. The van der Waals surface area contributed by atoms with E-state index in [2.05, 4.69) is 138 Å². The van der Waals surface area contributed by atoms with Crippen molar-refractivity contribution in [2.45, 2.75) is 12.8 Å². The molecule has 2 heterocycles. The van der Waals surface area contributed by atoms with E-state index in [9.17, 15) is 0 Å². The van der Waals surface area contributed by atoms with E-state index < -0.39 is 0 Å². The molecular formula is C30H24N2. The third-order valence-electron chi connectivity index (χ3n) is 6.49. The average molecular weight is 413 g/mol. The summed E-state index contributed by atoms with van der Waals surface area (Å²) >= 11 is 0. The molecule has 0 spiro atoms. The molecule has 2 heteroatoms. The Morgan fingerprint density at radius 2 is 0.844 bits per heavy atom. The summed E-state index contributed by atoms with van der Waals surface area (Å²) in [6.07, 6.45) is 4.64. The van der Waals surface area contributed by atoms with Gasteiger partial charge < -0.3 is 9.13 Å². The molecule has 0 fully saturated rings. The number of fused-ring (bicyclic) bond motifs is 2. The Hall–Kier alpha value is -4.04. The van der Waals surface area contributed by atoms with E-state index in [1.165, 1.54) is 44.3 Å². The Labute approximate surface area is 188 Å². The fourth-order valence-electron chi connectivity index (χ4n) is 4.87. The third kappa shape index (κ3) is 2.96. The quantitative estimate of drug-likeness (QED) is 0.280. The van der Waals surface area contributed by atoms with Gasteiger partial charge in [-0.05, 0) is 47.5 Å². The molecule has 32 heavy (non-hydrogen) atoms. The van der Waals surface area contributed by atoms with E-state index in [1.54, 1.807) is 0 Å². The number of para-hydroxylation sites is 4. The van der Waals surface area contributed by atoms with Crippen LogP contribution in [0.3, 0.4) is 0 Å². The van der Waals surface area contributed by atoms with Crippen LogP contribution in [0.2, 0.25) is 0 Å². The van der Waals surface area contributed by atoms with Gasteiger partial charge in [-0.1, -0.05) is 79.7 Å². The van der Waals surface area contributed by atoms with Gasteiger partial charge in [0.05, 0.1) is 11.0 Å². The first-order valence-electron chi connectivity index (χ1n) is 11.1. The first kappa shape index (κ1) is 18.7. The first-order chi connectivity index (χ1) is 15.8. The van der Waals surface area contributed by atoms with Crippen LogP contribution in [-0.2, 0) is 0 Å². The zero-order valence-electron chi connectivity index (χ0n) is 18.0. The number of hydrogen-bond acceptors (Lipinski definition) is 0. The predicted molar refractivity (Wildman–Crippen MR) is 134 cm³/mol. The van der Waals surface area contributed by atoms with Crippen molar-refractivity contribution >= 4 is 21.8 Å². The van der Waals surface area contributed by atoms with Crippen LogP contribution in [0.5, 0.6) is 0 Å². The zero-order valence-corrected chi connectivity index (χ0v) is 18.0. The van der Waals surface area contributed by atoms with Gasteiger partial charge in [0.2, 0.25) is 0 Å². The Morgan fingerprint density at radius 3 is 1.28 bits per heavy atom. The Bertz CT molecular complexity index is 1400. The molecule has 0 N–H and O–H groups in total. The zero-order chi connectivity index (χ0) is 21.5. The van der Waals surface area contributed by atoms with Crippen LogP contribution in [-0.4, -0.2) is 9.13 Å². The minimum atomic E-state index is 0.250. The highest BCUT2D eigenvalue weighted by Gasteiger charge is 2.20. The molecule has 2 nitrogen and oxygen atoms in total. The van der Waals surface area contributed by atoms with E-state index in [-0.39, 0.29) is 5.92 Å². The largest absolute Gasteiger partial charge is 0.316 e. The average Bonchev–Trinajstić information content (AvgIpc) is 3.44. The van der Waals surface area contributed by atoms with Crippen LogP contribution < -0.4 is 0 Å². The summed E-state index contributed by atoms with van der Waals surface area (Å²) in [6.45, 7) is 2.33. The number of aromatic nitrogens is 2. The highest BCUT2D eigenvalue weighted by atomic mass is 15.0. The molecule has 6 rings (SSSR count). The van der Waals surface area contributed by atoms with Crippen molar-refractivity contribution < 1.29 is 0 Å². The second kappa shape index (κ2) is 7.58.